The number of hydrogen-bond acceptors (Lipinski definition) is 4. The second-order valence-electron chi connectivity index (χ2n) is 5.75. The number of aromatic nitrogens is 2. The van der Waals surface area contributed by atoms with Crippen LogP contribution in [0, 0.1) is 0 Å². The summed E-state index contributed by atoms with van der Waals surface area (Å²) in [7, 11) is 0. The van der Waals surface area contributed by atoms with Gasteiger partial charge in [0.2, 0.25) is 5.95 Å². The summed E-state index contributed by atoms with van der Waals surface area (Å²) in [5, 5.41) is 3.62. The Morgan fingerprint density at radius 1 is 1.29 bits per heavy atom. The molecule has 0 saturated carbocycles. The van der Waals surface area contributed by atoms with Crippen molar-refractivity contribution in [3.8, 4) is 0 Å². The molecule has 1 fully saturated rings. The number of nitrogens with one attached hydrogen (secondary N) is 1. The first-order valence-corrected chi connectivity index (χ1v) is 8.41. The van der Waals surface area contributed by atoms with E-state index in [4.69, 9.17) is 4.74 Å². The number of hydrogen-bond donors (Lipinski definition) is 1. The third-order valence-electron chi connectivity index (χ3n) is 4.07. The monoisotopic (exact) mass is 294 g/mol. The molecule has 1 aromatic heterocycles. The van der Waals surface area contributed by atoms with Gasteiger partial charge < -0.3 is 19.5 Å². The minimum absolute atomic E-state index is 0.561. The van der Waals surface area contributed by atoms with Crippen LogP contribution in [0.1, 0.15) is 39.5 Å². The summed E-state index contributed by atoms with van der Waals surface area (Å²) in [4.78, 5) is 7.02. The molecule has 1 aromatic rings. The Hall–Kier alpha value is -1.07. The van der Waals surface area contributed by atoms with Gasteiger partial charge in [-0.1, -0.05) is 6.92 Å². The highest BCUT2D eigenvalue weighted by atomic mass is 16.5. The second kappa shape index (κ2) is 9.05. The Morgan fingerprint density at radius 2 is 2.10 bits per heavy atom. The lowest BCUT2D eigenvalue weighted by atomic mass is 10.1. The summed E-state index contributed by atoms with van der Waals surface area (Å²) in [6.07, 6.45) is 8.66. The van der Waals surface area contributed by atoms with E-state index in [1.165, 1.54) is 38.9 Å². The molecule has 1 aliphatic heterocycles. The Balaban J connectivity index is 1.74. The Morgan fingerprint density at radius 3 is 2.81 bits per heavy atom. The summed E-state index contributed by atoms with van der Waals surface area (Å²) < 4.78 is 7.60. The van der Waals surface area contributed by atoms with E-state index in [0.29, 0.717) is 6.04 Å². The fraction of sp³-hybridized carbons (Fsp3) is 0.812. The molecule has 2 rings (SSSR count). The van der Waals surface area contributed by atoms with Crippen molar-refractivity contribution < 1.29 is 4.74 Å². The van der Waals surface area contributed by atoms with Crippen molar-refractivity contribution in [2.45, 2.75) is 52.1 Å². The van der Waals surface area contributed by atoms with E-state index in [1.54, 1.807) is 0 Å². The molecular weight excluding hydrogens is 264 g/mol. The molecule has 5 heteroatoms. The molecule has 21 heavy (non-hydrogen) atoms. The maximum atomic E-state index is 5.40. The molecule has 1 N–H and O–H groups in total. The normalized spacial score (nSPS) is 17.2. The topological polar surface area (TPSA) is 42.3 Å². The molecule has 5 nitrogen and oxygen atoms in total. The van der Waals surface area contributed by atoms with Crippen LogP contribution in [-0.2, 0) is 11.3 Å². The van der Waals surface area contributed by atoms with E-state index in [9.17, 15) is 0 Å². The Bertz CT molecular complexity index is 385. The van der Waals surface area contributed by atoms with Gasteiger partial charge in [-0.05, 0) is 39.2 Å². The van der Waals surface area contributed by atoms with Crippen LogP contribution in [0.4, 0.5) is 5.95 Å². The minimum Gasteiger partial charge on any atom is -0.382 e. The minimum atomic E-state index is 0.561. The van der Waals surface area contributed by atoms with Crippen LogP contribution in [-0.4, -0.2) is 53.3 Å². The number of rotatable bonds is 9. The molecule has 0 aliphatic carbocycles. The third kappa shape index (κ3) is 5.32. The van der Waals surface area contributed by atoms with Gasteiger partial charge in [-0.25, -0.2) is 4.98 Å². The van der Waals surface area contributed by atoms with Gasteiger partial charge >= 0.3 is 0 Å². The van der Waals surface area contributed by atoms with Crippen molar-refractivity contribution in [1.82, 2.24) is 14.5 Å². The lowest BCUT2D eigenvalue weighted by Gasteiger charge is -2.32. The number of piperidine rings is 1. The Kier molecular flexibility index (Phi) is 7.03. The summed E-state index contributed by atoms with van der Waals surface area (Å²) in [6.45, 7) is 10.5. The number of anilines is 1. The molecule has 0 spiro atoms. The van der Waals surface area contributed by atoms with Gasteiger partial charge in [0.05, 0.1) is 0 Å². The van der Waals surface area contributed by atoms with Gasteiger partial charge in [0.1, 0.15) is 0 Å². The number of imidazole rings is 1. The average molecular weight is 294 g/mol. The molecular formula is C16H30N4O. The summed E-state index contributed by atoms with van der Waals surface area (Å²) >= 11 is 0. The number of likely N-dealkylation sites (tertiary alicyclic amines) is 1. The van der Waals surface area contributed by atoms with Crippen LogP contribution in [0.25, 0.3) is 0 Å². The highest BCUT2D eigenvalue weighted by molar-refractivity contribution is 5.27. The summed E-state index contributed by atoms with van der Waals surface area (Å²) in [6, 6.07) is 0.561. The molecule has 1 saturated heterocycles. The van der Waals surface area contributed by atoms with Gasteiger partial charge in [0.25, 0.3) is 0 Å². The molecule has 0 unspecified atom stereocenters. The van der Waals surface area contributed by atoms with Crippen LogP contribution in [0.3, 0.4) is 0 Å². The van der Waals surface area contributed by atoms with Crippen molar-refractivity contribution in [3.05, 3.63) is 12.4 Å². The first-order valence-electron chi connectivity index (χ1n) is 8.41. The van der Waals surface area contributed by atoms with Crippen molar-refractivity contribution in [3.63, 3.8) is 0 Å². The number of ether oxygens (including phenoxy) is 1. The van der Waals surface area contributed by atoms with Crippen LogP contribution in [0.5, 0.6) is 0 Å². The average Bonchev–Trinajstić information content (AvgIpc) is 2.93. The van der Waals surface area contributed by atoms with Gasteiger partial charge in [0, 0.05) is 51.3 Å². The predicted molar refractivity (Wildman–Crippen MR) is 86.7 cm³/mol. The van der Waals surface area contributed by atoms with E-state index in [2.05, 4.69) is 32.9 Å². The standard InChI is InChI=1S/C16H30N4O/c1-3-9-19-11-6-15(7-12-19)18-16-17-8-13-20(16)10-5-14-21-4-2/h8,13,15H,3-7,9-12,14H2,1-2H3,(H,17,18). The lowest BCUT2D eigenvalue weighted by Crippen LogP contribution is -2.39. The van der Waals surface area contributed by atoms with Crippen LogP contribution in [0.15, 0.2) is 12.4 Å². The summed E-state index contributed by atoms with van der Waals surface area (Å²) in [5.41, 5.74) is 0. The smallest absolute Gasteiger partial charge is 0.202 e. The van der Waals surface area contributed by atoms with Crippen molar-refractivity contribution >= 4 is 5.95 Å². The van der Waals surface area contributed by atoms with Gasteiger partial charge in [0.15, 0.2) is 0 Å². The molecule has 0 bridgehead atoms. The second-order valence-corrected chi connectivity index (χ2v) is 5.75. The lowest BCUT2D eigenvalue weighted by molar-refractivity contribution is 0.141. The molecule has 0 atom stereocenters. The van der Waals surface area contributed by atoms with Crippen LogP contribution < -0.4 is 5.32 Å². The zero-order valence-corrected chi connectivity index (χ0v) is 13.6. The third-order valence-corrected chi connectivity index (χ3v) is 4.07. The highest BCUT2D eigenvalue weighted by Gasteiger charge is 2.19. The van der Waals surface area contributed by atoms with E-state index in [0.717, 1.165) is 32.1 Å². The molecule has 0 radical (unpaired) electrons. The fourth-order valence-electron chi connectivity index (χ4n) is 2.91. The molecule has 2 heterocycles. The number of nitrogens with zero attached hydrogens (tertiary/aromatic N) is 3. The molecule has 0 aromatic carbocycles. The predicted octanol–water partition coefficient (Wildman–Crippen LogP) is 2.60. The van der Waals surface area contributed by atoms with Crippen molar-refractivity contribution in [2.75, 3.05) is 38.2 Å². The molecule has 0 amide bonds. The SMILES string of the molecule is CCCN1CCC(Nc2nccn2CCCOCC)CC1. The van der Waals surface area contributed by atoms with E-state index < -0.39 is 0 Å². The maximum Gasteiger partial charge on any atom is 0.202 e. The van der Waals surface area contributed by atoms with Crippen molar-refractivity contribution in [1.29, 1.82) is 0 Å². The van der Waals surface area contributed by atoms with E-state index >= 15 is 0 Å². The molecule has 1 aliphatic rings. The quantitative estimate of drug-likeness (QED) is 0.711. The van der Waals surface area contributed by atoms with E-state index in [1.807, 2.05) is 13.1 Å². The van der Waals surface area contributed by atoms with Crippen molar-refractivity contribution in [2.24, 2.45) is 0 Å². The van der Waals surface area contributed by atoms with Gasteiger partial charge in [-0.15, -0.1) is 0 Å². The number of aryl methyl sites for hydroxylation is 1. The fourth-order valence-corrected chi connectivity index (χ4v) is 2.91. The van der Waals surface area contributed by atoms with Gasteiger partial charge in [-0.3, -0.25) is 0 Å². The highest BCUT2D eigenvalue weighted by Crippen LogP contribution is 2.16. The van der Waals surface area contributed by atoms with Gasteiger partial charge in [-0.2, -0.15) is 0 Å². The first kappa shape index (κ1) is 16.3. The van der Waals surface area contributed by atoms with Crippen LogP contribution in [0.2, 0.25) is 0 Å². The Labute approximate surface area is 128 Å². The van der Waals surface area contributed by atoms with Crippen LogP contribution >= 0.6 is 0 Å². The molecule has 120 valence electrons. The van der Waals surface area contributed by atoms with E-state index in [-0.39, 0.29) is 0 Å². The maximum absolute atomic E-state index is 5.40. The first-order chi connectivity index (χ1) is 10.3. The zero-order valence-electron chi connectivity index (χ0n) is 13.6. The summed E-state index contributed by atoms with van der Waals surface area (Å²) in [5.74, 6) is 1.01. The zero-order chi connectivity index (χ0) is 14.9. The largest absolute Gasteiger partial charge is 0.382 e.